The molecule has 0 aliphatic heterocycles. The van der Waals surface area contributed by atoms with Crippen LogP contribution in [-0.2, 0) is 11.3 Å². The minimum atomic E-state index is -0.403. The fraction of sp³-hybridized carbons (Fsp3) is 0.429. The molecule has 0 saturated carbocycles. The molecule has 0 saturated heterocycles. The van der Waals surface area contributed by atoms with Crippen molar-refractivity contribution in [2.75, 3.05) is 13.2 Å². The maximum atomic E-state index is 5.91. The van der Waals surface area contributed by atoms with Crippen LogP contribution in [0.25, 0.3) is 0 Å². The summed E-state index contributed by atoms with van der Waals surface area (Å²) >= 11 is 5.87. The van der Waals surface area contributed by atoms with E-state index < -0.39 is 6.04 Å². The van der Waals surface area contributed by atoms with Gasteiger partial charge >= 0.3 is 0 Å². The van der Waals surface area contributed by atoms with Crippen molar-refractivity contribution in [2.45, 2.75) is 26.0 Å². The minimum absolute atomic E-state index is 0.163. The van der Waals surface area contributed by atoms with Gasteiger partial charge in [-0.05, 0) is 24.6 Å². The van der Waals surface area contributed by atoms with E-state index in [1.165, 1.54) is 0 Å². The van der Waals surface area contributed by atoms with Gasteiger partial charge in [-0.2, -0.15) is 4.98 Å². The Morgan fingerprint density at radius 3 is 3.05 bits per heavy atom. The molecule has 0 aliphatic carbocycles. The molecule has 2 rings (SSSR count). The zero-order chi connectivity index (χ0) is 15.1. The van der Waals surface area contributed by atoms with Gasteiger partial charge in [0.05, 0.1) is 12.6 Å². The molecule has 1 unspecified atom stereocenters. The Kier molecular flexibility index (Phi) is 5.98. The quantitative estimate of drug-likeness (QED) is 0.755. The van der Waals surface area contributed by atoms with Crippen molar-refractivity contribution >= 4 is 11.6 Å². The van der Waals surface area contributed by atoms with Crippen LogP contribution in [0.15, 0.2) is 28.8 Å². The van der Waals surface area contributed by atoms with Gasteiger partial charge in [-0.15, -0.1) is 0 Å². The fourth-order valence-corrected chi connectivity index (χ4v) is 1.79. The van der Waals surface area contributed by atoms with Crippen LogP contribution in [0.1, 0.15) is 31.1 Å². The highest BCUT2D eigenvalue weighted by atomic mass is 35.5. The third-order valence-electron chi connectivity index (χ3n) is 2.62. The van der Waals surface area contributed by atoms with Gasteiger partial charge in [0.2, 0.25) is 0 Å². The number of ether oxygens (including phenoxy) is 2. The molecule has 0 radical (unpaired) electrons. The van der Waals surface area contributed by atoms with Crippen molar-refractivity contribution in [3.8, 4) is 5.75 Å². The largest absolute Gasteiger partial charge is 0.484 e. The van der Waals surface area contributed by atoms with Crippen LogP contribution in [0.3, 0.4) is 0 Å². The predicted octanol–water partition coefficient (Wildman–Crippen LogP) is 2.73. The zero-order valence-corrected chi connectivity index (χ0v) is 12.5. The molecule has 2 N–H and O–H groups in total. The summed E-state index contributed by atoms with van der Waals surface area (Å²) in [5, 5.41) is 4.43. The number of halogens is 1. The highest BCUT2D eigenvalue weighted by Gasteiger charge is 2.14. The molecule has 21 heavy (non-hydrogen) atoms. The van der Waals surface area contributed by atoms with Gasteiger partial charge in [0.1, 0.15) is 5.75 Å². The molecule has 1 aromatic heterocycles. The lowest BCUT2D eigenvalue weighted by Crippen LogP contribution is -2.19. The van der Waals surface area contributed by atoms with E-state index in [4.69, 9.17) is 31.3 Å². The average Bonchev–Trinajstić information content (AvgIpc) is 2.94. The second-order valence-corrected chi connectivity index (χ2v) is 4.91. The maximum absolute atomic E-state index is 5.91. The van der Waals surface area contributed by atoms with Crippen molar-refractivity contribution < 1.29 is 14.0 Å². The summed E-state index contributed by atoms with van der Waals surface area (Å²) in [5.74, 6) is 1.41. The topological polar surface area (TPSA) is 83.4 Å². The van der Waals surface area contributed by atoms with E-state index >= 15 is 0 Å². The number of nitrogens with two attached hydrogens (primary N) is 1. The Balaban J connectivity index is 1.85. The standard InChI is InChI=1S/C14H18ClN3O3/c1-2-6-19-8-12(16)14-17-13(21-18-14)9-20-11-5-3-4-10(15)7-11/h3-5,7,12H,2,6,8-9,16H2,1H3. The molecule has 0 aliphatic rings. The summed E-state index contributed by atoms with van der Waals surface area (Å²) < 4.78 is 16.0. The second kappa shape index (κ2) is 7.97. The van der Waals surface area contributed by atoms with E-state index in [1.807, 2.05) is 6.92 Å². The Labute approximate surface area is 128 Å². The minimum Gasteiger partial charge on any atom is -0.484 e. The maximum Gasteiger partial charge on any atom is 0.264 e. The molecule has 0 fully saturated rings. The van der Waals surface area contributed by atoms with E-state index in [2.05, 4.69) is 10.1 Å². The third kappa shape index (κ3) is 5.00. The van der Waals surface area contributed by atoms with Crippen LogP contribution in [0.2, 0.25) is 5.02 Å². The van der Waals surface area contributed by atoms with E-state index in [-0.39, 0.29) is 6.61 Å². The van der Waals surface area contributed by atoms with E-state index in [9.17, 15) is 0 Å². The van der Waals surface area contributed by atoms with Gasteiger partial charge in [0, 0.05) is 11.6 Å². The monoisotopic (exact) mass is 311 g/mol. The summed E-state index contributed by atoms with van der Waals surface area (Å²) in [7, 11) is 0. The molecule has 1 atom stereocenters. The van der Waals surface area contributed by atoms with Crippen LogP contribution in [-0.4, -0.2) is 23.4 Å². The number of hydrogen-bond acceptors (Lipinski definition) is 6. The Hall–Kier alpha value is -1.63. The first kappa shape index (κ1) is 15.8. The molecule has 7 heteroatoms. The smallest absolute Gasteiger partial charge is 0.264 e. The summed E-state index contributed by atoms with van der Waals surface area (Å²) in [5.41, 5.74) is 5.91. The lowest BCUT2D eigenvalue weighted by Gasteiger charge is -2.06. The molecule has 1 aromatic carbocycles. The highest BCUT2D eigenvalue weighted by molar-refractivity contribution is 6.30. The fourth-order valence-electron chi connectivity index (χ4n) is 1.61. The lowest BCUT2D eigenvalue weighted by atomic mass is 10.3. The number of rotatable bonds is 8. The van der Waals surface area contributed by atoms with Crippen molar-refractivity contribution in [3.05, 3.63) is 41.0 Å². The molecule has 6 nitrogen and oxygen atoms in total. The lowest BCUT2D eigenvalue weighted by molar-refractivity contribution is 0.119. The van der Waals surface area contributed by atoms with E-state index in [1.54, 1.807) is 24.3 Å². The summed E-state index contributed by atoms with van der Waals surface area (Å²) in [6, 6.07) is 6.68. The molecule has 1 heterocycles. The highest BCUT2D eigenvalue weighted by Crippen LogP contribution is 2.18. The van der Waals surface area contributed by atoms with Gasteiger partial charge in [0.15, 0.2) is 12.4 Å². The van der Waals surface area contributed by atoms with Gasteiger partial charge < -0.3 is 19.7 Å². The number of hydrogen-bond donors (Lipinski definition) is 1. The molecule has 114 valence electrons. The summed E-state index contributed by atoms with van der Waals surface area (Å²) in [6.45, 7) is 3.22. The first-order chi connectivity index (χ1) is 10.2. The van der Waals surface area contributed by atoms with Crippen LogP contribution in [0, 0.1) is 0 Å². The van der Waals surface area contributed by atoms with Crippen LogP contribution >= 0.6 is 11.6 Å². The molecule has 0 bridgehead atoms. The van der Waals surface area contributed by atoms with Crippen LogP contribution in [0.5, 0.6) is 5.75 Å². The zero-order valence-electron chi connectivity index (χ0n) is 11.8. The van der Waals surface area contributed by atoms with Crippen LogP contribution < -0.4 is 10.5 Å². The number of nitrogens with zero attached hydrogens (tertiary/aromatic N) is 2. The summed E-state index contributed by atoms with van der Waals surface area (Å²) in [4.78, 5) is 4.19. The van der Waals surface area contributed by atoms with Gasteiger partial charge in [-0.25, -0.2) is 0 Å². The number of aromatic nitrogens is 2. The predicted molar refractivity (Wildman–Crippen MR) is 78.1 cm³/mol. The van der Waals surface area contributed by atoms with Gasteiger partial charge in [0.25, 0.3) is 5.89 Å². The normalized spacial score (nSPS) is 12.3. The van der Waals surface area contributed by atoms with Crippen LogP contribution in [0.4, 0.5) is 0 Å². The first-order valence-electron chi connectivity index (χ1n) is 6.73. The summed E-state index contributed by atoms with van der Waals surface area (Å²) in [6.07, 6.45) is 0.942. The molecule has 0 amide bonds. The van der Waals surface area contributed by atoms with E-state index in [0.717, 1.165) is 6.42 Å². The second-order valence-electron chi connectivity index (χ2n) is 4.47. The van der Waals surface area contributed by atoms with Crippen molar-refractivity contribution in [1.29, 1.82) is 0 Å². The number of benzene rings is 1. The third-order valence-corrected chi connectivity index (χ3v) is 2.85. The Bertz CT molecular complexity index is 562. The molecular formula is C14H18ClN3O3. The Morgan fingerprint density at radius 1 is 1.43 bits per heavy atom. The Morgan fingerprint density at radius 2 is 2.29 bits per heavy atom. The molecule has 2 aromatic rings. The van der Waals surface area contributed by atoms with Gasteiger partial charge in [-0.3, -0.25) is 0 Å². The van der Waals surface area contributed by atoms with E-state index in [0.29, 0.717) is 35.7 Å². The molecular weight excluding hydrogens is 294 g/mol. The first-order valence-corrected chi connectivity index (χ1v) is 7.11. The van der Waals surface area contributed by atoms with Gasteiger partial charge in [-0.1, -0.05) is 29.7 Å². The van der Waals surface area contributed by atoms with Crippen molar-refractivity contribution in [2.24, 2.45) is 5.73 Å². The van der Waals surface area contributed by atoms with Crippen molar-refractivity contribution in [3.63, 3.8) is 0 Å². The SMILES string of the molecule is CCCOCC(N)c1noc(COc2cccc(Cl)c2)n1. The van der Waals surface area contributed by atoms with Crippen molar-refractivity contribution in [1.82, 2.24) is 10.1 Å². The molecule has 0 spiro atoms. The average molecular weight is 312 g/mol.